The van der Waals surface area contributed by atoms with Crippen molar-refractivity contribution in [2.75, 3.05) is 0 Å². The van der Waals surface area contributed by atoms with Gasteiger partial charge in [-0.05, 0) is 17.6 Å². The molecule has 0 amide bonds. The largest absolute Gasteiger partial charge is 0.488 e. The van der Waals surface area contributed by atoms with Crippen molar-refractivity contribution in [3.05, 3.63) is 24.6 Å². The molecule has 1 heterocycles. The first-order valence-corrected chi connectivity index (χ1v) is 3.46. The second kappa shape index (κ2) is 2.62. The van der Waals surface area contributed by atoms with Crippen LogP contribution in [0.3, 0.4) is 0 Å². The molecule has 0 aliphatic heterocycles. The van der Waals surface area contributed by atoms with E-state index in [0.717, 1.165) is 0 Å². The van der Waals surface area contributed by atoms with Crippen molar-refractivity contribution < 1.29 is 14.5 Å². The molecule has 0 saturated heterocycles. The molecule has 0 radical (unpaired) electrons. The van der Waals surface area contributed by atoms with Crippen LogP contribution in [0.5, 0.6) is 0 Å². The summed E-state index contributed by atoms with van der Waals surface area (Å²) < 4.78 is 4.98. The Bertz CT molecular complexity index is 398. The third-order valence-electron chi connectivity index (χ3n) is 1.65. The lowest BCUT2D eigenvalue weighted by molar-refractivity contribution is 0.426. The van der Waals surface area contributed by atoms with Crippen LogP contribution in [-0.4, -0.2) is 22.2 Å². The molecule has 0 bridgehead atoms. The van der Waals surface area contributed by atoms with Crippen LogP contribution in [-0.2, 0) is 0 Å². The third-order valence-corrected chi connectivity index (χ3v) is 1.65. The van der Waals surface area contributed by atoms with Crippen LogP contribution in [0.25, 0.3) is 11.1 Å². The van der Waals surface area contributed by atoms with E-state index in [1.807, 2.05) is 0 Å². The zero-order valence-corrected chi connectivity index (χ0v) is 6.14. The number of oxazole rings is 1. The Kier molecular flexibility index (Phi) is 1.60. The minimum absolute atomic E-state index is 0.413. The van der Waals surface area contributed by atoms with E-state index in [9.17, 15) is 0 Å². The van der Waals surface area contributed by atoms with Gasteiger partial charge < -0.3 is 14.5 Å². The number of aromatic nitrogens is 1. The van der Waals surface area contributed by atoms with Gasteiger partial charge in [0.1, 0.15) is 5.52 Å². The van der Waals surface area contributed by atoms with E-state index in [0.29, 0.717) is 16.6 Å². The van der Waals surface area contributed by atoms with Crippen molar-refractivity contribution >= 4 is 23.7 Å². The normalized spacial score (nSPS) is 10.5. The first kappa shape index (κ1) is 7.33. The Labute approximate surface area is 68.6 Å². The Morgan fingerprint density at radius 1 is 1.33 bits per heavy atom. The second-order valence-electron chi connectivity index (χ2n) is 2.45. The molecule has 1 aromatic carbocycles. The number of hydrogen-bond acceptors (Lipinski definition) is 4. The summed E-state index contributed by atoms with van der Waals surface area (Å²) in [5.41, 5.74) is 1.68. The molecule has 2 N–H and O–H groups in total. The van der Waals surface area contributed by atoms with E-state index >= 15 is 0 Å². The van der Waals surface area contributed by atoms with Crippen molar-refractivity contribution in [3.63, 3.8) is 0 Å². The highest BCUT2D eigenvalue weighted by Crippen LogP contribution is 2.08. The number of rotatable bonds is 1. The van der Waals surface area contributed by atoms with Gasteiger partial charge in [0, 0.05) is 0 Å². The van der Waals surface area contributed by atoms with Gasteiger partial charge in [0.15, 0.2) is 12.0 Å². The highest BCUT2D eigenvalue weighted by atomic mass is 16.4. The fourth-order valence-corrected chi connectivity index (χ4v) is 1.04. The van der Waals surface area contributed by atoms with Crippen molar-refractivity contribution in [2.45, 2.75) is 0 Å². The van der Waals surface area contributed by atoms with Gasteiger partial charge in [-0.25, -0.2) is 4.98 Å². The Morgan fingerprint density at radius 2 is 2.17 bits per heavy atom. The van der Waals surface area contributed by atoms with Gasteiger partial charge in [0.2, 0.25) is 0 Å². The zero-order valence-electron chi connectivity index (χ0n) is 6.14. The fourth-order valence-electron chi connectivity index (χ4n) is 1.04. The molecule has 0 fully saturated rings. The summed E-state index contributed by atoms with van der Waals surface area (Å²) in [5.74, 6) is 0. The van der Waals surface area contributed by atoms with Crippen LogP contribution in [0.1, 0.15) is 0 Å². The SMILES string of the molecule is OB(O)c1ccc2ocnc2c1. The van der Waals surface area contributed by atoms with Crippen LogP contribution in [0.15, 0.2) is 29.0 Å². The summed E-state index contributed by atoms with van der Waals surface area (Å²) in [6, 6.07) is 4.80. The number of fused-ring (bicyclic) bond motifs is 1. The Balaban J connectivity index is 2.60. The molecular formula is C7H6BNO3. The molecule has 0 aliphatic rings. The molecule has 0 saturated carbocycles. The molecular weight excluding hydrogens is 157 g/mol. The van der Waals surface area contributed by atoms with Crippen molar-refractivity contribution in [1.82, 2.24) is 4.98 Å². The molecule has 5 heteroatoms. The topological polar surface area (TPSA) is 66.5 Å². The minimum atomic E-state index is -1.45. The summed E-state index contributed by atoms with van der Waals surface area (Å²) in [5, 5.41) is 17.6. The van der Waals surface area contributed by atoms with Gasteiger partial charge in [-0.15, -0.1) is 0 Å². The van der Waals surface area contributed by atoms with Gasteiger partial charge in [0.05, 0.1) is 0 Å². The average Bonchev–Trinajstić information content (AvgIpc) is 2.49. The molecule has 1 aromatic heterocycles. The van der Waals surface area contributed by atoms with Crippen LogP contribution in [0.4, 0.5) is 0 Å². The second-order valence-corrected chi connectivity index (χ2v) is 2.45. The maximum Gasteiger partial charge on any atom is 0.488 e. The van der Waals surface area contributed by atoms with Gasteiger partial charge in [-0.3, -0.25) is 0 Å². The van der Waals surface area contributed by atoms with Crippen LogP contribution >= 0.6 is 0 Å². The number of hydrogen-bond donors (Lipinski definition) is 2. The quantitative estimate of drug-likeness (QED) is 0.556. The summed E-state index contributed by atoms with van der Waals surface area (Å²) >= 11 is 0. The first-order valence-electron chi connectivity index (χ1n) is 3.46. The fraction of sp³-hybridized carbons (Fsp3) is 0. The summed E-state index contributed by atoms with van der Waals surface area (Å²) in [6.45, 7) is 0. The molecule has 0 unspecified atom stereocenters. The average molecular weight is 163 g/mol. The standard InChI is InChI=1S/C7H6BNO3/c10-8(11)5-1-2-7-6(3-5)9-4-12-7/h1-4,10-11H. The third kappa shape index (κ3) is 1.09. The highest BCUT2D eigenvalue weighted by Gasteiger charge is 2.11. The summed E-state index contributed by atoms with van der Waals surface area (Å²) in [4.78, 5) is 3.87. The lowest BCUT2D eigenvalue weighted by Gasteiger charge is -1.96. The highest BCUT2D eigenvalue weighted by molar-refractivity contribution is 6.58. The van der Waals surface area contributed by atoms with E-state index in [1.54, 1.807) is 18.2 Å². The molecule has 0 spiro atoms. The minimum Gasteiger partial charge on any atom is -0.443 e. The molecule has 12 heavy (non-hydrogen) atoms. The maximum absolute atomic E-state index is 8.82. The van der Waals surface area contributed by atoms with Gasteiger partial charge in [-0.2, -0.15) is 0 Å². The maximum atomic E-state index is 8.82. The Hall–Kier alpha value is -1.33. The van der Waals surface area contributed by atoms with Crippen LogP contribution < -0.4 is 5.46 Å². The van der Waals surface area contributed by atoms with E-state index < -0.39 is 7.12 Å². The summed E-state index contributed by atoms with van der Waals surface area (Å²) in [7, 11) is -1.45. The van der Waals surface area contributed by atoms with Crippen molar-refractivity contribution in [3.8, 4) is 0 Å². The van der Waals surface area contributed by atoms with Crippen LogP contribution in [0.2, 0.25) is 0 Å². The van der Waals surface area contributed by atoms with E-state index in [2.05, 4.69) is 4.98 Å². The van der Waals surface area contributed by atoms with Crippen molar-refractivity contribution in [2.24, 2.45) is 0 Å². The predicted molar refractivity (Wildman–Crippen MR) is 43.8 cm³/mol. The smallest absolute Gasteiger partial charge is 0.443 e. The zero-order chi connectivity index (χ0) is 8.55. The molecule has 2 rings (SSSR count). The van der Waals surface area contributed by atoms with E-state index in [-0.39, 0.29) is 0 Å². The van der Waals surface area contributed by atoms with Gasteiger partial charge >= 0.3 is 7.12 Å². The van der Waals surface area contributed by atoms with Crippen molar-refractivity contribution in [1.29, 1.82) is 0 Å². The van der Waals surface area contributed by atoms with Crippen LogP contribution in [0, 0.1) is 0 Å². The molecule has 2 aromatic rings. The number of benzene rings is 1. The van der Waals surface area contributed by atoms with E-state index in [4.69, 9.17) is 14.5 Å². The summed E-state index contributed by atoms with van der Waals surface area (Å²) in [6.07, 6.45) is 1.32. The van der Waals surface area contributed by atoms with Gasteiger partial charge in [0.25, 0.3) is 0 Å². The predicted octanol–water partition coefficient (Wildman–Crippen LogP) is -0.492. The molecule has 0 aliphatic carbocycles. The monoisotopic (exact) mass is 163 g/mol. The molecule has 0 atom stereocenters. The first-order chi connectivity index (χ1) is 5.77. The Morgan fingerprint density at radius 3 is 2.92 bits per heavy atom. The molecule has 60 valence electrons. The number of nitrogens with zero attached hydrogens (tertiary/aromatic N) is 1. The van der Waals surface area contributed by atoms with E-state index in [1.165, 1.54) is 6.39 Å². The van der Waals surface area contributed by atoms with Gasteiger partial charge in [-0.1, -0.05) is 6.07 Å². The lowest BCUT2D eigenvalue weighted by atomic mass is 9.80. The lowest BCUT2D eigenvalue weighted by Crippen LogP contribution is -2.29. The molecule has 4 nitrogen and oxygen atoms in total.